The molecule has 3 N–H and O–H groups in total. The zero-order valence-corrected chi connectivity index (χ0v) is 10.6. The molecular formula is C14H20N2O2. The predicted octanol–water partition coefficient (Wildman–Crippen LogP) is 1.76. The van der Waals surface area contributed by atoms with E-state index < -0.39 is 0 Å². The first kappa shape index (κ1) is 12.9. The summed E-state index contributed by atoms with van der Waals surface area (Å²) in [6.45, 7) is 0. The Morgan fingerprint density at radius 2 is 2.00 bits per heavy atom. The first-order valence-electron chi connectivity index (χ1n) is 6.46. The number of nitrogens with one attached hydrogen (secondary N) is 2. The minimum absolute atomic E-state index is 0.0716. The normalized spacial score (nSPS) is 23.4. The second-order valence-electron chi connectivity index (χ2n) is 4.81. The largest absolute Gasteiger partial charge is 0.393 e. The summed E-state index contributed by atoms with van der Waals surface area (Å²) in [4.78, 5) is 11.5. The summed E-state index contributed by atoms with van der Waals surface area (Å²) in [5.41, 5.74) is 1.64. The molecule has 4 heteroatoms. The van der Waals surface area contributed by atoms with Crippen LogP contribution in [0, 0.1) is 0 Å². The Morgan fingerprint density at radius 3 is 2.67 bits per heavy atom. The molecule has 0 aliphatic heterocycles. The molecule has 0 saturated heterocycles. The van der Waals surface area contributed by atoms with E-state index in [9.17, 15) is 9.90 Å². The lowest BCUT2D eigenvalue weighted by atomic mass is 9.93. The summed E-state index contributed by atoms with van der Waals surface area (Å²) in [6, 6.07) is 7.91. The van der Waals surface area contributed by atoms with Gasteiger partial charge < -0.3 is 15.7 Å². The quantitative estimate of drug-likeness (QED) is 0.764. The van der Waals surface area contributed by atoms with Crippen LogP contribution in [0.5, 0.6) is 0 Å². The maximum Gasteiger partial charge on any atom is 0.251 e. The topological polar surface area (TPSA) is 61.4 Å². The Balaban J connectivity index is 1.99. The molecule has 0 atom stereocenters. The van der Waals surface area contributed by atoms with Gasteiger partial charge in [-0.15, -0.1) is 0 Å². The molecule has 1 amide bonds. The van der Waals surface area contributed by atoms with E-state index in [1.54, 1.807) is 13.1 Å². The lowest BCUT2D eigenvalue weighted by Gasteiger charge is -2.27. The average Bonchev–Trinajstić information content (AvgIpc) is 2.41. The first-order valence-corrected chi connectivity index (χ1v) is 6.46. The molecule has 0 heterocycles. The van der Waals surface area contributed by atoms with Gasteiger partial charge in [0, 0.05) is 24.3 Å². The van der Waals surface area contributed by atoms with Gasteiger partial charge in [0.15, 0.2) is 0 Å². The third-order valence-corrected chi connectivity index (χ3v) is 3.42. The van der Waals surface area contributed by atoms with Crippen LogP contribution in [0.15, 0.2) is 24.3 Å². The Kier molecular flexibility index (Phi) is 4.20. The van der Waals surface area contributed by atoms with Crippen LogP contribution in [0.3, 0.4) is 0 Å². The minimum Gasteiger partial charge on any atom is -0.393 e. The lowest BCUT2D eigenvalue weighted by molar-refractivity contribution is 0.0963. The molecule has 1 fully saturated rings. The van der Waals surface area contributed by atoms with Crippen LogP contribution in [-0.4, -0.2) is 30.2 Å². The van der Waals surface area contributed by atoms with Crippen molar-refractivity contribution in [2.45, 2.75) is 37.8 Å². The predicted molar refractivity (Wildman–Crippen MR) is 71.7 cm³/mol. The number of rotatable bonds is 3. The van der Waals surface area contributed by atoms with Gasteiger partial charge in [0.25, 0.3) is 5.91 Å². The zero-order chi connectivity index (χ0) is 13.0. The van der Waals surface area contributed by atoms with Gasteiger partial charge in [0.2, 0.25) is 0 Å². The Hall–Kier alpha value is -1.55. The van der Waals surface area contributed by atoms with Crippen LogP contribution in [0.25, 0.3) is 0 Å². The van der Waals surface area contributed by atoms with E-state index >= 15 is 0 Å². The van der Waals surface area contributed by atoms with Gasteiger partial charge >= 0.3 is 0 Å². The van der Waals surface area contributed by atoms with Gasteiger partial charge in [-0.1, -0.05) is 6.07 Å². The second kappa shape index (κ2) is 5.87. The summed E-state index contributed by atoms with van der Waals surface area (Å²) in [5, 5.41) is 15.5. The number of hydrogen-bond donors (Lipinski definition) is 3. The van der Waals surface area contributed by atoms with E-state index in [1.807, 2.05) is 18.2 Å². The highest BCUT2D eigenvalue weighted by atomic mass is 16.3. The maximum absolute atomic E-state index is 11.5. The van der Waals surface area contributed by atoms with Crippen molar-refractivity contribution in [2.24, 2.45) is 0 Å². The lowest BCUT2D eigenvalue weighted by Crippen LogP contribution is -2.28. The molecule has 0 spiro atoms. The Bertz CT molecular complexity index is 412. The molecule has 2 rings (SSSR count). The van der Waals surface area contributed by atoms with Crippen LogP contribution in [0.2, 0.25) is 0 Å². The van der Waals surface area contributed by atoms with Crippen LogP contribution < -0.4 is 10.6 Å². The molecule has 0 aromatic heterocycles. The molecular weight excluding hydrogens is 228 g/mol. The van der Waals surface area contributed by atoms with Gasteiger partial charge in [-0.3, -0.25) is 4.79 Å². The highest BCUT2D eigenvalue weighted by molar-refractivity contribution is 5.94. The molecule has 0 radical (unpaired) electrons. The summed E-state index contributed by atoms with van der Waals surface area (Å²) in [5.74, 6) is -0.0716. The van der Waals surface area contributed by atoms with Crippen molar-refractivity contribution in [1.29, 1.82) is 0 Å². The van der Waals surface area contributed by atoms with Crippen LogP contribution in [0.1, 0.15) is 36.0 Å². The van der Waals surface area contributed by atoms with Gasteiger partial charge in [-0.05, 0) is 43.9 Å². The summed E-state index contributed by atoms with van der Waals surface area (Å²) < 4.78 is 0. The molecule has 1 saturated carbocycles. The number of carbonyl (C=O) groups excluding carboxylic acids is 1. The van der Waals surface area contributed by atoms with Crippen molar-refractivity contribution < 1.29 is 9.90 Å². The van der Waals surface area contributed by atoms with Crippen molar-refractivity contribution in [1.82, 2.24) is 5.32 Å². The molecule has 1 aliphatic carbocycles. The Labute approximate surface area is 107 Å². The number of benzene rings is 1. The van der Waals surface area contributed by atoms with E-state index in [0.29, 0.717) is 11.6 Å². The molecule has 4 nitrogen and oxygen atoms in total. The van der Waals surface area contributed by atoms with Crippen LogP contribution in [-0.2, 0) is 0 Å². The average molecular weight is 248 g/mol. The number of aliphatic hydroxyl groups excluding tert-OH is 1. The number of aliphatic hydroxyl groups is 1. The number of amides is 1. The van der Waals surface area contributed by atoms with Gasteiger partial charge in [-0.2, -0.15) is 0 Å². The third kappa shape index (κ3) is 3.23. The fourth-order valence-electron chi connectivity index (χ4n) is 2.35. The van der Waals surface area contributed by atoms with Crippen molar-refractivity contribution >= 4 is 11.6 Å². The zero-order valence-electron chi connectivity index (χ0n) is 10.6. The molecule has 0 bridgehead atoms. The van der Waals surface area contributed by atoms with Gasteiger partial charge in [0.1, 0.15) is 0 Å². The van der Waals surface area contributed by atoms with Gasteiger partial charge in [-0.25, -0.2) is 0 Å². The fraction of sp³-hybridized carbons (Fsp3) is 0.500. The highest BCUT2D eigenvalue weighted by Crippen LogP contribution is 2.22. The fourth-order valence-corrected chi connectivity index (χ4v) is 2.35. The van der Waals surface area contributed by atoms with Crippen molar-refractivity contribution in [2.75, 3.05) is 12.4 Å². The van der Waals surface area contributed by atoms with Crippen molar-refractivity contribution in [3.05, 3.63) is 29.8 Å². The van der Waals surface area contributed by atoms with Crippen LogP contribution in [0.4, 0.5) is 5.69 Å². The number of hydrogen-bond acceptors (Lipinski definition) is 3. The minimum atomic E-state index is -0.139. The monoisotopic (exact) mass is 248 g/mol. The molecule has 98 valence electrons. The standard InChI is InChI=1S/C14H20N2O2/c1-15-14(18)10-3-2-4-12(9-10)16-11-5-7-13(17)8-6-11/h2-4,9,11,13,16-17H,5-8H2,1H3,(H,15,18). The van der Waals surface area contributed by atoms with E-state index in [1.165, 1.54) is 0 Å². The van der Waals surface area contributed by atoms with Crippen molar-refractivity contribution in [3.63, 3.8) is 0 Å². The van der Waals surface area contributed by atoms with Crippen LogP contribution >= 0.6 is 0 Å². The summed E-state index contributed by atoms with van der Waals surface area (Å²) in [6.07, 6.45) is 3.52. The molecule has 0 unspecified atom stereocenters. The van der Waals surface area contributed by atoms with Crippen molar-refractivity contribution in [3.8, 4) is 0 Å². The molecule has 1 aromatic carbocycles. The van der Waals surface area contributed by atoms with E-state index in [0.717, 1.165) is 31.4 Å². The van der Waals surface area contributed by atoms with E-state index in [2.05, 4.69) is 10.6 Å². The van der Waals surface area contributed by atoms with E-state index in [-0.39, 0.29) is 12.0 Å². The first-order chi connectivity index (χ1) is 8.69. The Morgan fingerprint density at radius 1 is 1.28 bits per heavy atom. The second-order valence-corrected chi connectivity index (χ2v) is 4.81. The molecule has 1 aliphatic rings. The SMILES string of the molecule is CNC(=O)c1cccc(NC2CCC(O)CC2)c1. The number of carbonyl (C=O) groups is 1. The smallest absolute Gasteiger partial charge is 0.251 e. The molecule has 1 aromatic rings. The van der Waals surface area contributed by atoms with Gasteiger partial charge in [0.05, 0.1) is 6.10 Å². The summed E-state index contributed by atoms with van der Waals surface area (Å²) in [7, 11) is 1.63. The number of anilines is 1. The summed E-state index contributed by atoms with van der Waals surface area (Å²) >= 11 is 0. The highest BCUT2D eigenvalue weighted by Gasteiger charge is 2.19. The third-order valence-electron chi connectivity index (χ3n) is 3.42. The maximum atomic E-state index is 11.5. The van der Waals surface area contributed by atoms with E-state index in [4.69, 9.17) is 0 Å². The molecule has 18 heavy (non-hydrogen) atoms.